The van der Waals surface area contributed by atoms with Gasteiger partial charge < -0.3 is 9.88 Å². The highest BCUT2D eigenvalue weighted by atomic mass is 35.5. The van der Waals surface area contributed by atoms with Crippen LogP contribution in [0.3, 0.4) is 0 Å². The van der Waals surface area contributed by atoms with Crippen molar-refractivity contribution >= 4 is 38.6 Å². The molecule has 1 atom stereocenters. The van der Waals surface area contributed by atoms with Gasteiger partial charge in [-0.05, 0) is 56.0 Å². The summed E-state index contributed by atoms with van der Waals surface area (Å²) >= 11 is 6.33. The Hall–Kier alpha value is -2.42. The number of para-hydroxylation sites is 2. The number of halogens is 1. The summed E-state index contributed by atoms with van der Waals surface area (Å²) in [6.45, 7) is 1.56. The van der Waals surface area contributed by atoms with Crippen LogP contribution >= 0.6 is 11.6 Å². The maximum Gasteiger partial charge on any atom is 0.254 e. The lowest BCUT2D eigenvalue weighted by Gasteiger charge is -2.24. The molecule has 5 rings (SSSR count). The maximum absolute atomic E-state index is 13.5. The van der Waals surface area contributed by atoms with Crippen molar-refractivity contribution in [2.24, 2.45) is 0 Å². The number of likely N-dealkylation sites (tertiary alicyclic amines) is 1. The number of nitrogens with one attached hydrogen (secondary N) is 1. The van der Waals surface area contributed by atoms with E-state index in [1.807, 2.05) is 24.3 Å². The van der Waals surface area contributed by atoms with Gasteiger partial charge in [0.25, 0.3) is 5.91 Å². The molecule has 1 amide bonds. The lowest BCUT2D eigenvalue weighted by atomic mass is 10.1. The van der Waals surface area contributed by atoms with Gasteiger partial charge in [-0.15, -0.1) is 0 Å². The molecule has 0 spiro atoms. The summed E-state index contributed by atoms with van der Waals surface area (Å²) in [6, 6.07) is 12.2. The van der Waals surface area contributed by atoms with Crippen LogP contribution < -0.4 is 0 Å². The van der Waals surface area contributed by atoms with Crippen molar-refractivity contribution < 1.29 is 13.2 Å². The Bertz CT molecular complexity index is 1250. The van der Waals surface area contributed by atoms with E-state index in [2.05, 4.69) is 9.97 Å². The predicted molar refractivity (Wildman–Crippen MR) is 128 cm³/mol. The first-order valence-electron chi connectivity index (χ1n) is 11.5. The first-order valence-corrected chi connectivity index (χ1v) is 13.3. The molecule has 0 aliphatic carbocycles. The zero-order valence-corrected chi connectivity index (χ0v) is 19.9. The third kappa shape index (κ3) is 4.27. The van der Waals surface area contributed by atoms with Crippen molar-refractivity contribution in [3.63, 3.8) is 0 Å². The van der Waals surface area contributed by atoms with E-state index in [1.54, 1.807) is 11.0 Å². The Balaban J connectivity index is 1.44. The van der Waals surface area contributed by atoms with E-state index in [4.69, 9.17) is 11.6 Å². The van der Waals surface area contributed by atoms with Gasteiger partial charge in [0.2, 0.25) is 10.0 Å². The number of hydrogen-bond donors (Lipinski definition) is 1. The van der Waals surface area contributed by atoms with Crippen LogP contribution in [0.15, 0.2) is 47.4 Å². The van der Waals surface area contributed by atoms with Crippen molar-refractivity contribution in [1.29, 1.82) is 0 Å². The summed E-state index contributed by atoms with van der Waals surface area (Å²) in [7, 11) is -3.77. The molecule has 0 radical (unpaired) electrons. The third-order valence-corrected chi connectivity index (χ3v) is 8.98. The number of H-pyrrole nitrogens is 1. The first kappa shape index (κ1) is 22.4. The number of carbonyl (C=O) groups excluding carboxylic acids is 1. The normalized spacial score (nSPS) is 20.3. The number of fused-ring (bicyclic) bond motifs is 1. The Morgan fingerprint density at radius 3 is 2.52 bits per heavy atom. The predicted octanol–water partition coefficient (Wildman–Crippen LogP) is 4.76. The molecule has 2 fully saturated rings. The minimum atomic E-state index is -3.77. The highest BCUT2D eigenvalue weighted by Crippen LogP contribution is 2.34. The van der Waals surface area contributed by atoms with E-state index in [9.17, 15) is 13.2 Å². The summed E-state index contributed by atoms with van der Waals surface area (Å²) in [6.07, 6.45) is 5.38. The van der Waals surface area contributed by atoms with Crippen LogP contribution in [-0.2, 0) is 10.0 Å². The largest absolute Gasteiger partial charge is 0.340 e. The second-order valence-corrected chi connectivity index (χ2v) is 11.1. The average Bonchev–Trinajstić information content (AvgIpc) is 3.37. The standard InChI is InChI=1S/C24H27ClN4O3S/c25-18-12-11-17(16-22(18)33(31,32)28-13-5-1-2-6-14-28)24(30)29-15-7-10-21(29)23-26-19-8-3-4-9-20(19)27-23/h3-4,8-9,11-12,16,21H,1-2,5-7,10,13-15H2,(H,26,27)/t21-/m0/s1. The van der Waals surface area contributed by atoms with E-state index in [0.717, 1.165) is 55.4 Å². The number of hydrogen-bond acceptors (Lipinski definition) is 4. The highest BCUT2D eigenvalue weighted by molar-refractivity contribution is 7.89. The second kappa shape index (κ2) is 9.08. The molecule has 1 aromatic heterocycles. The van der Waals surface area contributed by atoms with Crippen LogP contribution in [0.5, 0.6) is 0 Å². The summed E-state index contributed by atoms with van der Waals surface area (Å²) < 4.78 is 28.2. The second-order valence-electron chi connectivity index (χ2n) is 8.76. The number of carbonyl (C=O) groups is 1. The number of benzene rings is 2. The van der Waals surface area contributed by atoms with Gasteiger partial charge in [-0.2, -0.15) is 4.31 Å². The molecule has 1 N–H and O–H groups in total. The maximum atomic E-state index is 13.5. The van der Waals surface area contributed by atoms with Crippen molar-refractivity contribution in [3.8, 4) is 0 Å². The van der Waals surface area contributed by atoms with Gasteiger partial charge in [0, 0.05) is 25.2 Å². The summed E-state index contributed by atoms with van der Waals surface area (Å²) in [4.78, 5) is 23.3. The molecular weight excluding hydrogens is 460 g/mol. The van der Waals surface area contributed by atoms with Crippen LogP contribution in [0, 0.1) is 0 Å². The molecular formula is C24H27ClN4O3S. The Labute approximate surface area is 198 Å². The molecule has 9 heteroatoms. The molecule has 3 heterocycles. The van der Waals surface area contributed by atoms with Gasteiger partial charge in [0.15, 0.2) is 0 Å². The molecule has 174 valence electrons. The number of imidazole rings is 1. The summed E-state index contributed by atoms with van der Waals surface area (Å²) in [5, 5.41) is 0.144. The fourth-order valence-electron chi connectivity index (χ4n) is 4.85. The number of rotatable bonds is 4. The van der Waals surface area contributed by atoms with E-state index in [-0.39, 0.29) is 21.9 Å². The quantitative estimate of drug-likeness (QED) is 0.576. The van der Waals surface area contributed by atoms with Gasteiger partial charge in [-0.25, -0.2) is 13.4 Å². The lowest BCUT2D eigenvalue weighted by molar-refractivity contribution is 0.0730. The van der Waals surface area contributed by atoms with Gasteiger partial charge >= 0.3 is 0 Å². The molecule has 0 saturated carbocycles. The fraction of sp³-hybridized carbons (Fsp3) is 0.417. The monoisotopic (exact) mass is 486 g/mol. The van der Waals surface area contributed by atoms with E-state index in [1.165, 1.54) is 16.4 Å². The number of amides is 1. The minimum Gasteiger partial charge on any atom is -0.340 e. The van der Waals surface area contributed by atoms with Crippen molar-refractivity contribution in [2.75, 3.05) is 19.6 Å². The first-order chi connectivity index (χ1) is 15.9. The minimum absolute atomic E-state index is 0.0106. The van der Waals surface area contributed by atoms with Crippen molar-refractivity contribution in [2.45, 2.75) is 49.5 Å². The van der Waals surface area contributed by atoms with Crippen molar-refractivity contribution in [1.82, 2.24) is 19.2 Å². The fourth-order valence-corrected chi connectivity index (χ4v) is 6.86. The summed E-state index contributed by atoms with van der Waals surface area (Å²) in [5.74, 6) is 0.551. The molecule has 2 saturated heterocycles. The zero-order chi connectivity index (χ0) is 23.0. The van der Waals surface area contributed by atoms with Crippen LogP contribution in [0.1, 0.15) is 60.7 Å². The number of sulfonamides is 1. The van der Waals surface area contributed by atoms with Crippen LogP contribution in [0.2, 0.25) is 5.02 Å². The van der Waals surface area contributed by atoms with E-state index >= 15 is 0 Å². The Kier molecular flexibility index (Phi) is 6.16. The molecule has 3 aromatic rings. The smallest absolute Gasteiger partial charge is 0.254 e. The SMILES string of the molecule is O=C(c1ccc(Cl)c(S(=O)(=O)N2CCCCCC2)c1)N1CCC[C@H]1c1nc2ccccc2[nH]1. The lowest BCUT2D eigenvalue weighted by Crippen LogP contribution is -2.33. The van der Waals surface area contributed by atoms with Gasteiger partial charge in [-0.3, -0.25) is 4.79 Å². The van der Waals surface area contributed by atoms with Crippen molar-refractivity contribution in [3.05, 3.63) is 58.9 Å². The van der Waals surface area contributed by atoms with E-state index in [0.29, 0.717) is 25.2 Å². The molecule has 0 bridgehead atoms. The molecule has 2 aliphatic rings. The topological polar surface area (TPSA) is 86.4 Å². The molecule has 2 aliphatic heterocycles. The summed E-state index contributed by atoms with van der Waals surface area (Å²) in [5.41, 5.74) is 2.13. The van der Waals surface area contributed by atoms with Crippen LogP contribution in [0.4, 0.5) is 0 Å². The number of nitrogens with zero attached hydrogens (tertiary/aromatic N) is 3. The number of aromatic nitrogens is 2. The molecule has 0 unspecified atom stereocenters. The molecule has 7 nitrogen and oxygen atoms in total. The molecule has 2 aromatic carbocycles. The van der Waals surface area contributed by atoms with Gasteiger partial charge in [-0.1, -0.05) is 36.6 Å². The van der Waals surface area contributed by atoms with Crippen LogP contribution in [-0.4, -0.2) is 53.1 Å². The Morgan fingerprint density at radius 1 is 1.00 bits per heavy atom. The third-order valence-electron chi connectivity index (χ3n) is 6.60. The molecule has 33 heavy (non-hydrogen) atoms. The van der Waals surface area contributed by atoms with E-state index < -0.39 is 10.0 Å². The number of aromatic amines is 1. The average molecular weight is 487 g/mol. The highest BCUT2D eigenvalue weighted by Gasteiger charge is 2.34. The Morgan fingerprint density at radius 2 is 1.76 bits per heavy atom. The van der Waals surface area contributed by atoms with Crippen LogP contribution in [0.25, 0.3) is 11.0 Å². The zero-order valence-electron chi connectivity index (χ0n) is 18.3. The van der Waals surface area contributed by atoms with Gasteiger partial charge in [0.05, 0.1) is 22.1 Å². The van der Waals surface area contributed by atoms with Gasteiger partial charge in [0.1, 0.15) is 10.7 Å².